The molecule has 0 aliphatic rings. The van der Waals surface area contributed by atoms with Crippen molar-refractivity contribution in [3.05, 3.63) is 71.8 Å². The van der Waals surface area contributed by atoms with Crippen molar-refractivity contribution >= 4 is 5.96 Å². The topological polar surface area (TPSA) is 56.7 Å². The van der Waals surface area contributed by atoms with Gasteiger partial charge in [0.1, 0.15) is 0 Å². The molecule has 0 radical (unpaired) electrons. The normalized spacial score (nSPS) is 12.7. The zero-order valence-electron chi connectivity index (χ0n) is 13.6. The van der Waals surface area contributed by atoms with Crippen molar-refractivity contribution in [2.45, 2.75) is 19.4 Å². The minimum Gasteiger partial charge on any atom is -0.396 e. The van der Waals surface area contributed by atoms with E-state index >= 15 is 0 Å². The minimum absolute atomic E-state index is 0.0526. The van der Waals surface area contributed by atoms with Crippen LogP contribution in [0.2, 0.25) is 0 Å². The fourth-order valence-electron chi connectivity index (χ4n) is 2.33. The average Bonchev–Trinajstić information content (AvgIpc) is 2.62. The molecule has 0 bridgehead atoms. The number of rotatable bonds is 7. The molecule has 1 unspecified atom stereocenters. The molecule has 3 N–H and O–H groups in total. The Hall–Kier alpha value is -2.33. The number of benzene rings is 2. The third kappa shape index (κ3) is 5.75. The highest BCUT2D eigenvalue weighted by Gasteiger charge is 2.10. The molecule has 1 atom stereocenters. The quantitative estimate of drug-likeness (QED) is 0.544. The number of nitrogens with zero attached hydrogens (tertiary/aromatic N) is 1. The molecule has 0 aliphatic carbocycles. The van der Waals surface area contributed by atoms with Crippen LogP contribution in [-0.4, -0.2) is 30.8 Å². The van der Waals surface area contributed by atoms with Gasteiger partial charge in [-0.3, -0.25) is 0 Å². The van der Waals surface area contributed by atoms with Gasteiger partial charge in [0, 0.05) is 19.0 Å². The second kappa shape index (κ2) is 9.64. The lowest BCUT2D eigenvalue weighted by Gasteiger charge is -2.18. The molecule has 0 saturated carbocycles. The number of hydrogen-bond acceptors (Lipinski definition) is 2. The third-order valence-electron chi connectivity index (χ3n) is 3.61. The Bertz CT molecular complexity index is 584. The van der Waals surface area contributed by atoms with Crippen LogP contribution in [0.1, 0.15) is 24.0 Å². The molecule has 2 rings (SSSR count). The van der Waals surface area contributed by atoms with Gasteiger partial charge in [0.15, 0.2) is 5.96 Å². The van der Waals surface area contributed by atoms with Gasteiger partial charge in [0.2, 0.25) is 0 Å². The monoisotopic (exact) mass is 311 g/mol. The van der Waals surface area contributed by atoms with Crippen molar-refractivity contribution in [3.63, 3.8) is 0 Å². The van der Waals surface area contributed by atoms with Crippen LogP contribution < -0.4 is 10.6 Å². The van der Waals surface area contributed by atoms with Crippen LogP contribution in [0, 0.1) is 0 Å². The van der Waals surface area contributed by atoms with Crippen LogP contribution in [-0.2, 0) is 6.54 Å². The third-order valence-corrected chi connectivity index (χ3v) is 3.61. The highest BCUT2D eigenvalue weighted by atomic mass is 16.3. The highest BCUT2D eigenvalue weighted by Crippen LogP contribution is 2.13. The Labute approximate surface area is 138 Å². The van der Waals surface area contributed by atoms with Crippen molar-refractivity contribution in [2.24, 2.45) is 4.99 Å². The number of nitrogens with one attached hydrogen (secondary N) is 2. The largest absolute Gasteiger partial charge is 0.396 e. The van der Waals surface area contributed by atoms with Gasteiger partial charge >= 0.3 is 0 Å². The smallest absolute Gasteiger partial charge is 0.191 e. The summed E-state index contributed by atoms with van der Waals surface area (Å²) in [4.78, 5) is 4.60. The summed E-state index contributed by atoms with van der Waals surface area (Å²) >= 11 is 0. The Morgan fingerprint density at radius 2 is 1.65 bits per heavy atom. The molecule has 0 amide bonds. The first-order valence-electron chi connectivity index (χ1n) is 8.05. The summed E-state index contributed by atoms with van der Waals surface area (Å²) in [6, 6.07) is 20.2. The molecule has 23 heavy (non-hydrogen) atoms. The van der Waals surface area contributed by atoms with Crippen molar-refractivity contribution in [3.8, 4) is 0 Å². The van der Waals surface area contributed by atoms with Gasteiger partial charge in [-0.05, 0) is 18.1 Å². The van der Waals surface area contributed by atoms with Crippen LogP contribution in [0.5, 0.6) is 0 Å². The number of guanidine groups is 1. The van der Waals surface area contributed by atoms with Crippen molar-refractivity contribution < 1.29 is 5.11 Å². The Balaban J connectivity index is 1.95. The SMILES string of the molecule is CCNC(=NCc1ccccc1)NCC(CO)c1ccccc1. The molecule has 0 aliphatic heterocycles. The first-order chi connectivity index (χ1) is 11.3. The second-order valence-electron chi connectivity index (χ2n) is 5.35. The molecule has 0 heterocycles. The lowest BCUT2D eigenvalue weighted by molar-refractivity contribution is 0.265. The first kappa shape index (κ1) is 17.0. The van der Waals surface area contributed by atoms with Crippen molar-refractivity contribution in [1.29, 1.82) is 0 Å². The van der Waals surface area contributed by atoms with Gasteiger partial charge in [0.05, 0.1) is 13.2 Å². The molecule has 2 aromatic rings. The van der Waals surface area contributed by atoms with Gasteiger partial charge in [0.25, 0.3) is 0 Å². The Kier molecular flexibility index (Phi) is 7.14. The van der Waals surface area contributed by atoms with Crippen LogP contribution >= 0.6 is 0 Å². The van der Waals surface area contributed by atoms with E-state index in [1.165, 1.54) is 5.56 Å². The average molecular weight is 311 g/mol. The molecular weight excluding hydrogens is 286 g/mol. The van der Waals surface area contributed by atoms with Crippen LogP contribution in [0.25, 0.3) is 0 Å². The van der Waals surface area contributed by atoms with Gasteiger partial charge in [-0.2, -0.15) is 0 Å². The van der Waals surface area contributed by atoms with Gasteiger partial charge < -0.3 is 15.7 Å². The fourth-order valence-corrected chi connectivity index (χ4v) is 2.33. The molecule has 0 spiro atoms. The van der Waals surface area contributed by atoms with Crippen molar-refractivity contribution in [2.75, 3.05) is 19.7 Å². The van der Waals surface area contributed by atoms with E-state index in [9.17, 15) is 5.11 Å². The lowest BCUT2D eigenvalue weighted by atomic mass is 10.0. The summed E-state index contributed by atoms with van der Waals surface area (Å²) in [5.74, 6) is 0.822. The summed E-state index contributed by atoms with van der Waals surface area (Å²) in [7, 11) is 0. The molecular formula is C19H25N3O. The minimum atomic E-state index is 0.0526. The maximum absolute atomic E-state index is 9.63. The second-order valence-corrected chi connectivity index (χ2v) is 5.35. The molecule has 0 saturated heterocycles. The number of hydrogen-bond donors (Lipinski definition) is 3. The molecule has 0 fully saturated rings. The Morgan fingerprint density at radius 3 is 2.26 bits per heavy atom. The summed E-state index contributed by atoms with van der Waals surface area (Å²) in [6.45, 7) is 4.22. The zero-order chi connectivity index (χ0) is 16.3. The first-order valence-corrected chi connectivity index (χ1v) is 8.05. The molecule has 4 heteroatoms. The maximum Gasteiger partial charge on any atom is 0.191 e. The number of aliphatic hydroxyl groups is 1. The number of aliphatic imine (C=N–C) groups is 1. The van der Waals surface area contributed by atoms with E-state index in [0.717, 1.165) is 18.1 Å². The lowest BCUT2D eigenvalue weighted by Crippen LogP contribution is -2.39. The summed E-state index contributed by atoms with van der Waals surface area (Å²) < 4.78 is 0. The number of aliphatic hydroxyl groups excluding tert-OH is 1. The van der Waals surface area contributed by atoms with E-state index in [-0.39, 0.29) is 12.5 Å². The van der Waals surface area contributed by atoms with E-state index in [1.54, 1.807) is 0 Å². The summed E-state index contributed by atoms with van der Waals surface area (Å²) in [5, 5.41) is 16.2. The van der Waals surface area contributed by atoms with Crippen LogP contribution in [0.4, 0.5) is 0 Å². The highest BCUT2D eigenvalue weighted by molar-refractivity contribution is 5.79. The molecule has 4 nitrogen and oxygen atoms in total. The van der Waals surface area contributed by atoms with Gasteiger partial charge in [-0.1, -0.05) is 60.7 Å². The fraction of sp³-hybridized carbons (Fsp3) is 0.316. The van der Waals surface area contributed by atoms with E-state index in [4.69, 9.17) is 0 Å². The van der Waals surface area contributed by atoms with Crippen LogP contribution in [0.3, 0.4) is 0 Å². The van der Waals surface area contributed by atoms with Crippen LogP contribution in [0.15, 0.2) is 65.7 Å². The predicted octanol–water partition coefficient (Wildman–Crippen LogP) is 2.52. The van der Waals surface area contributed by atoms with E-state index in [0.29, 0.717) is 13.1 Å². The van der Waals surface area contributed by atoms with Gasteiger partial charge in [-0.15, -0.1) is 0 Å². The van der Waals surface area contributed by atoms with Crippen molar-refractivity contribution in [1.82, 2.24) is 10.6 Å². The molecule has 122 valence electrons. The predicted molar refractivity (Wildman–Crippen MR) is 95.5 cm³/mol. The Morgan fingerprint density at radius 1 is 1.00 bits per heavy atom. The van der Waals surface area contributed by atoms with E-state index in [2.05, 4.69) is 27.8 Å². The summed E-state index contributed by atoms with van der Waals surface area (Å²) in [6.07, 6.45) is 0. The summed E-state index contributed by atoms with van der Waals surface area (Å²) in [5.41, 5.74) is 2.30. The zero-order valence-corrected chi connectivity index (χ0v) is 13.6. The van der Waals surface area contributed by atoms with E-state index < -0.39 is 0 Å². The molecule has 2 aromatic carbocycles. The van der Waals surface area contributed by atoms with Gasteiger partial charge in [-0.25, -0.2) is 4.99 Å². The standard InChI is InChI=1S/C19H25N3O/c1-2-20-19(21-13-16-9-5-3-6-10-16)22-14-18(15-23)17-11-7-4-8-12-17/h3-12,18,23H,2,13-15H2,1H3,(H2,20,21,22). The molecule has 0 aromatic heterocycles. The van der Waals surface area contributed by atoms with E-state index in [1.807, 2.05) is 55.5 Å². The maximum atomic E-state index is 9.63.